The average Bonchev–Trinajstić information content (AvgIpc) is 2.67. The Hall–Kier alpha value is -0.540. The molecule has 1 aromatic rings. The van der Waals surface area contributed by atoms with Gasteiger partial charge in [0.25, 0.3) is 5.56 Å². The van der Waals surface area contributed by atoms with Gasteiger partial charge in [0.2, 0.25) is 0 Å². The predicted octanol–water partition coefficient (Wildman–Crippen LogP) is 2.67. The van der Waals surface area contributed by atoms with E-state index < -0.39 is 0 Å². The Kier molecular flexibility index (Phi) is 2.79. The molecule has 0 aromatic carbocycles. The van der Waals surface area contributed by atoms with Crippen LogP contribution >= 0.6 is 23.2 Å². The molecule has 0 spiro atoms. The van der Waals surface area contributed by atoms with Gasteiger partial charge in [-0.25, -0.2) is 4.68 Å². The maximum atomic E-state index is 11.7. The summed E-state index contributed by atoms with van der Waals surface area (Å²) in [6.45, 7) is 0. The smallest absolute Gasteiger partial charge is 0.266 e. The Bertz CT molecular complexity index is 396. The summed E-state index contributed by atoms with van der Waals surface area (Å²) in [5, 5.41) is 4.31. The van der Waals surface area contributed by atoms with Crippen LogP contribution < -0.4 is 5.56 Å². The van der Waals surface area contributed by atoms with Crippen LogP contribution in [0.2, 0.25) is 10.0 Å². The third kappa shape index (κ3) is 1.66. The van der Waals surface area contributed by atoms with Crippen LogP contribution in [0.25, 0.3) is 0 Å². The summed E-state index contributed by atoms with van der Waals surface area (Å²) in [7, 11) is 0. The summed E-state index contributed by atoms with van der Waals surface area (Å²) in [5.41, 5.74) is -0.272. The highest BCUT2D eigenvalue weighted by Gasteiger charge is 2.20. The Balaban J connectivity index is 2.44. The normalized spacial score (nSPS) is 17.6. The molecular formula is C9H10Cl2N2O. The van der Waals surface area contributed by atoms with Gasteiger partial charge < -0.3 is 0 Å². The molecule has 0 aliphatic heterocycles. The number of aromatic nitrogens is 2. The summed E-state index contributed by atoms with van der Waals surface area (Å²) in [6.07, 6.45) is 5.75. The molecule has 0 unspecified atom stereocenters. The van der Waals surface area contributed by atoms with Gasteiger partial charge in [0.05, 0.1) is 17.3 Å². The standard InChI is InChI=1S/C9H10Cl2N2O/c10-7-5-12-13(9(14)8(7)11)6-3-1-2-4-6/h5-6H,1-4H2. The van der Waals surface area contributed by atoms with Crippen LogP contribution in [0.4, 0.5) is 0 Å². The summed E-state index contributed by atoms with van der Waals surface area (Å²) in [5.74, 6) is 0. The maximum Gasteiger partial charge on any atom is 0.287 e. The Morgan fingerprint density at radius 2 is 2.00 bits per heavy atom. The lowest BCUT2D eigenvalue weighted by Gasteiger charge is -2.11. The molecule has 76 valence electrons. The molecule has 5 heteroatoms. The van der Waals surface area contributed by atoms with E-state index in [1.807, 2.05) is 0 Å². The first-order valence-corrected chi connectivity index (χ1v) is 5.38. The number of nitrogens with zero attached hydrogens (tertiary/aromatic N) is 2. The van der Waals surface area contributed by atoms with Crippen molar-refractivity contribution in [1.29, 1.82) is 0 Å². The molecule has 0 amide bonds. The first kappa shape index (κ1) is 9.99. The molecule has 0 bridgehead atoms. The van der Waals surface area contributed by atoms with E-state index in [9.17, 15) is 4.79 Å². The monoisotopic (exact) mass is 232 g/mol. The summed E-state index contributed by atoms with van der Waals surface area (Å²) in [6, 6.07) is 0.206. The molecular weight excluding hydrogens is 223 g/mol. The van der Waals surface area contributed by atoms with Gasteiger partial charge in [-0.1, -0.05) is 36.0 Å². The second kappa shape index (κ2) is 3.91. The van der Waals surface area contributed by atoms with Gasteiger partial charge in [0.1, 0.15) is 5.02 Å². The van der Waals surface area contributed by atoms with E-state index >= 15 is 0 Å². The number of hydrogen-bond acceptors (Lipinski definition) is 2. The third-order valence-corrected chi connectivity index (χ3v) is 3.32. The molecule has 2 rings (SSSR count). The fraction of sp³-hybridized carbons (Fsp3) is 0.556. The van der Waals surface area contributed by atoms with Gasteiger partial charge in [0.15, 0.2) is 0 Å². The highest BCUT2D eigenvalue weighted by atomic mass is 35.5. The lowest BCUT2D eigenvalue weighted by atomic mass is 10.2. The summed E-state index contributed by atoms with van der Waals surface area (Å²) < 4.78 is 1.46. The SMILES string of the molecule is O=c1c(Cl)c(Cl)cnn1C1CCCC1. The molecule has 1 fully saturated rings. The molecule has 14 heavy (non-hydrogen) atoms. The topological polar surface area (TPSA) is 34.9 Å². The first-order chi connectivity index (χ1) is 6.70. The highest BCUT2D eigenvalue weighted by Crippen LogP contribution is 2.28. The lowest BCUT2D eigenvalue weighted by molar-refractivity contribution is 0.444. The molecule has 0 saturated heterocycles. The van der Waals surface area contributed by atoms with Gasteiger partial charge in [-0.2, -0.15) is 5.10 Å². The zero-order valence-electron chi connectivity index (χ0n) is 7.54. The number of rotatable bonds is 1. The first-order valence-electron chi connectivity index (χ1n) is 4.63. The minimum atomic E-state index is -0.272. The van der Waals surface area contributed by atoms with Crippen LogP contribution in [0.5, 0.6) is 0 Å². The van der Waals surface area contributed by atoms with Gasteiger partial charge in [0, 0.05) is 0 Å². The van der Waals surface area contributed by atoms with Crippen molar-refractivity contribution in [1.82, 2.24) is 9.78 Å². The Labute approximate surface area is 91.6 Å². The van der Waals surface area contributed by atoms with E-state index in [0.717, 1.165) is 25.7 Å². The second-order valence-electron chi connectivity index (χ2n) is 3.49. The van der Waals surface area contributed by atoms with Crippen LogP contribution in [0.15, 0.2) is 11.0 Å². The number of halogens is 2. The molecule has 0 radical (unpaired) electrons. The van der Waals surface area contributed by atoms with E-state index in [2.05, 4.69) is 5.10 Å². The molecule has 3 nitrogen and oxygen atoms in total. The molecule has 1 saturated carbocycles. The van der Waals surface area contributed by atoms with Crippen molar-refractivity contribution in [2.24, 2.45) is 0 Å². The Morgan fingerprint density at radius 1 is 1.36 bits per heavy atom. The zero-order valence-corrected chi connectivity index (χ0v) is 9.05. The van der Waals surface area contributed by atoms with Gasteiger partial charge in [-0.3, -0.25) is 4.79 Å². The van der Waals surface area contributed by atoms with E-state index in [-0.39, 0.29) is 21.6 Å². The van der Waals surface area contributed by atoms with Crippen molar-refractivity contribution in [3.63, 3.8) is 0 Å². The highest BCUT2D eigenvalue weighted by molar-refractivity contribution is 6.41. The van der Waals surface area contributed by atoms with E-state index in [0.29, 0.717) is 0 Å². The van der Waals surface area contributed by atoms with E-state index in [1.165, 1.54) is 10.9 Å². The van der Waals surface area contributed by atoms with Crippen LogP contribution in [-0.4, -0.2) is 9.78 Å². The van der Waals surface area contributed by atoms with Crippen LogP contribution in [0.3, 0.4) is 0 Å². The summed E-state index contributed by atoms with van der Waals surface area (Å²) >= 11 is 11.4. The predicted molar refractivity (Wildman–Crippen MR) is 56.0 cm³/mol. The van der Waals surface area contributed by atoms with E-state index in [1.54, 1.807) is 0 Å². The zero-order chi connectivity index (χ0) is 10.1. The molecule has 1 aliphatic carbocycles. The average molecular weight is 233 g/mol. The fourth-order valence-corrected chi connectivity index (χ4v) is 2.09. The van der Waals surface area contributed by atoms with Gasteiger partial charge in [-0.05, 0) is 12.8 Å². The van der Waals surface area contributed by atoms with Crippen molar-refractivity contribution >= 4 is 23.2 Å². The minimum Gasteiger partial charge on any atom is -0.266 e. The van der Waals surface area contributed by atoms with Crippen LogP contribution in [0.1, 0.15) is 31.7 Å². The largest absolute Gasteiger partial charge is 0.287 e. The molecule has 1 aromatic heterocycles. The molecule has 1 aliphatic rings. The molecule has 0 N–H and O–H groups in total. The van der Waals surface area contributed by atoms with E-state index in [4.69, 9.17) is 23.2 Å². The second-order valence-corrected chi connectivity index (χ2v) is 4.28. The molecule has 0 atom stereocenters. The number of hydrogen-bond donors (Lipinski definition) is 0. The molecule has 1 heterocycles. The fourth-order valence-electron chi connectivity index (χ4n) is 1.83. The van der Waals surface area contributed by atoms with Crippen molar-refractivity contribution in [2.75, 3.05) is 0 Å². The van der Waals surface area contributed by atoms with Crippen molar-refractivity contribution in [2.45, 2.75) is 31.7 Å². The van der Waals surface area contributed by atoms with Crippen molar-refractivity contribution in [3.8, 4) is 0 Å². The summed E-state index contributed by atoms with van der Waals surface area (Å²) in [4.78, 5) is 11.7. The van der Waals surface area contributed by atoms with Crippen molar-refractivity contribution in [3.05, 3.63) is 26.6 Å². The quantitative estimate of drug-likeness (QED) is 0.747. The lowest BCUT2D eigenvalue weighted by Crippen LogP contribution is -2.26. The Morgan fingerprint density at radius 3 is 2.64 bits per heavy atom. The maximum absolute atomic E-state index is 11.7. The third-order valence-electron chi connectivity index (χ3n) is 2.57. The van der Waals surface area contributed by atoms with Crippen LogP contribution in [0, 0.1) is 0 Å². The minimum absolute atomic E-state index is 0.0774. The van der Waals surface area contributed by atoms with Gasteiger partial charge in [-0.15, -0.1) is 0 Å². The van der Waals surface area contributed by atoms with Gasteiger partial charge >= 0.3 is 0 Å². The van der Waals surface area contributed by atoms with Crippen LogP contribution in [-0.2, 0) is 0 Å². The van der Waals surface area contributed by atoms with Crippen molar-refractivity contribution < 1.29 is 0 Å².